The zero-order valence-corrected chi connectivity index (χ0v) is 12.5. The summed E-state index contributed by atoms with van der Waals surface area (Å²) in [4.78, 5) is 22.0. The molecule has 0 radical (unpaired) electrons. The number of carbonyl (C=O) groups is 1. The lowest BCUT2D eigenvalue weighted by atomic mass is 10.2. The average Bonchev–Trinajstić information content (AvgIpc) is 2.92. The molecule has 0 aliphatic rings. The van der Waals surface area contributed by atoms with Gasteiger partial charge in [-0.1, -0.05) is 6.92 Å². The highest BCUT2D eigenvalue weighted by atomic mass is 32.1. The number of hydrogen-bond donors (Lipinski definition) is 2. The highest BCUT2D eigenvalue weighted by Gasteiger charge is 2.19. The molecule has 0 atom stereocenters. The molecule has 0 fully saturated rings. The van der Waals surface area contributed by atoms with Crippen LogP contribution in [0.4, 0.5) is 0 Å². The Kier molecular flexibility index (Phi) is 5.38. The molecule has 112 valence electrons. The minimum atomic E-state index is -0.976. The van der Waals surface area contributed by atoms with E-state index in [1.54, 1.807) is 24.5 Å². The standard InChI is InChI=1S/C14H17N3O3S/c1-2-17(7-8-18)9-11-16-12(13(21-11)14(19)20)10-3-5-15-6-4-10/h3-6,18H,2,7-9H2,1H3,(H,19,20). The molecule has 0 amide bonds. The van der Waals surface area contributed by atoms with Crippen molar-refractivity contribution in [2.45, 2.75) is 13.5 Å². The number of carboxylic acids is 1. The zero-order valence-electron chi connectivity index (χ0n) is 11.7. The molecule has 2 rings (SSSR count). The maximum atomic E-state index is 11.4. The fourth-order valence-electron chi connectivity index (χ4n) is 1.96. The van der Waals surface area contributed by atoms with Crippen molar-refractivity contribution < 1.29 is 15.0 Å². The first-order valence-electron chi connectivity index (χ1n) is 6.62. The Hall–Kier alpha value is -1.83. The monoisotopic (exact) mass is 307 g/mol. The topological polar surface area (TPSA) is 86.5 Å². The fraction of sp³-hybridized carbons (Fsp3) is 0.357. The molecule has 0 saturated carbocycles. The van der Waals surface area contributed by atoms with Crippen LogP contribution in [0.25, 0.3) is 11.3 Å². The number of nitrogens with zero attached hydrogens (tertiary/aromatic N) is 3. The van der Waals surface area contributed by atoms with Crippen molar-refractivity contribution in [3.63, 3.8) is 0 Å². The van der Waals surface area contributed by atoms with Crippen LogP contribution in [0, 0.1) is 0 Å². The van der Waals surface area contributed by atoms with Crippen molar-refractivity contribution in [1.29, 1.82) is 0 Å². The van der Waals surface area contributed by atoms with Gasteiger partial charge in [-0.15, -0.1) is 11.3 Å². The molecule has 0 saturated heterocycles. The summed E-state index contributed by atoms with van der Waals surface area (Å²) in [5, 5.41) is 19.1. The Morgan fingerprint density at radius 2 is 2.10 bits per heavy atom. The van der Waals surface area contributed by atoms with E-state index in [0.29, 0.717) is 18.8 Å². The van der Waals surface area contributed by atoms with Crippen LogP contribution in [0.2, 0.25) is 0 Å². The fourth-order valence-corrected chi connectivity index (χ4v) is 2.93. The maximum absolute atomic E-state index is 11.4. The van der Waals surface area contributed by atoms with Gasteiger partial charge in [0, 0.05) is 24.5 Å². The van der Waals surface area contributed by atoms with Crippen molar-refractivity contribution in [2.24, 2.45) is 0 Å². The second-order valence-corrected chi connectivity index (χ2v) is 5.50. The van der Waals surface area contributed by atoms with Gasteiger partial charge in [0.05, 0.1) is 18.8 Å². The first-order valence-corrected chi connectivity index (χ1v) is 7.44. The van der Waals surface area contributed by atoms with Crippen LogP contribution in [-0.2, 0) is 6.54 Å². The van der Waals surface area contributed by atoms with Crippen molar-refractivity contribution >= 4 is 17.3 Å². The van der Waals surface area contributed by atoms with Crippen molar-refractivity contribution in [1.82, 2.24) is 14.9 Å². The summed E-state index contributed by atoms with van der Waals surface area (Å²) in [6, 6.07) is 3.49. The molecule has 0 bridgehead atoms. The third-order valence-electron chi connectivity index (χ3n) is 3.04. The molecule has 0 aromatic carbocycles. The van der Waals surface area contributed by atoms with Crippen molar-refractivity contribution in [2.75, 3.05) is 19.7 Å². The molecule has 0 spiro atoms. The van der Waals surface area contributed by atoms with Gasteiger partial charge in [-0.2, -0.15) is 0 Å². The lowest BCUT2D eigenvalue weighted by Gasteiger charge is -2.16. The maximum Gasteiger partial charge on any atom is 0.348 e. The Bertz CT molecular complexity index is 601. The molecule has 0 aliphatic carbocycles. The summed E-state index contributed by atoms with van der Waals surface area (Å²) in [5.41, 5.74) is 1.22. The van der Waals surface area contributed by atoms with E-state index in [9.17, 15) is 9.90 Å². The van der Waals surface area contributed by atoms with Crippen LogP contribution >= 0.6 is 11.3 Å². The molecule has 6 nitrogen and oxygen atoms in total. The van der Waals surface area contributed by atoms with Crippen LogP contribution in [0.5, 0.6) is 0 Å². The molecule has 2 N–H and O–H groups in total. The summed E-state index contributed by atoms with van der Waals surface area (Å²) >= 11 is 1.18. The Morgan fingerprint density at radius 1 is 1.38 bits per heavy atom. The number of aromatic nitrogens is 2. The van der Waals surface area contributed by atoms with E-state index in [4.69, 9.17) is 5.11 Å². The summed E-state index contributed by atoms with van der Waals surface area (Å²) in [6.45, 7) is 3.91. The van der Waals surface area contributed by atoms with Crippen LogP contribution in [0.15, 0.2) is 24.5 Å². The van der Waals surface area contributed by atoms with Gasteiger partial charge in [-0.25, -0.2) is 9.78 Å². The first-order chi connectivity index (χ1) is 10.2. The molecule has 21 heavy (non-hydrogen) atoms. The number of rotatable bonds is 7. The van der Waals surface area contributed by atoms with Crippen LogP contribution in [0.3, 0.4) is 0 Å². The quantitative estimate of drug-likeness (QED) is 0.810. The highest BCUT2D eigenvalue weighted by Crippen LogP contribution is 2.28. The summed E-state index contributed by atoms with van der Waals surface area (Å²) in [7, 11) is 0. The van der Waals surface area contributed by atoms with Gasteiger partial charge in [0.25, 0.3) is 0 Å². The van der Waals surface area contributed by atoms with Crippen LogP contribution in [0.1, 0.15) is 21.6 Å². The smallest absolute Gasteiger partial charge is 0.348 e. The van der Waals surface area contributed by atoms with E-state index >= 15 is 0 Å². The Morgan fingerprint density at radius 3 is 2.67 bits per heavy atom. The van der Waals surface area contributed by atoms with Gasteiger partial charge in [-0.3, -0.25) is 9.88 Å². The lowest BCUT2D eigenvalue weighted by Crippen LogP contribution is -2.25. The van der Waals surface area contributed by atoms with Crippen LogP contribution in [-0.4, -0.2) is 50.7 Å². The number of likely N-dealkylation sites (N-methyl/N-ethyl adjacent to an activating group) is 1. The van der Waals surface area contributed by atoms with Gasteiger partial charge < -0.3 is 10.2 Å². The van der Waals surface area contributed by atoms with E-state index in [-0.39, 0.29) is 11.5 Å². The molecule has 0 aliphatic heterocycles. The number of aliphatic hydroxyl groups excluding tert-OH is 1. The minimum Gasteiger partial charge on any atom is -0.477 e. The molecular formula is C14H17N3O3S. The van der Waals surface area contributed by atoms with Crippen molar-refractivity contribution in [3.05, 3.63) is 34.4 Å². The predicted octanol–water partition coefficient (Wildman–Crippen LogP) is 1.72. The van der Waals surface area contributed by atoms with Gasteiger partial charge in [0.1, 0.15) is 9.88 Å². The number of pyridine rings is 1. The van der Waals surface area contributed by atoms with E-state index in [1.807, 2.05) is 11.8 Å². The molecule has 2 aromatic heterocycles. The predicted molar refractivity (Wildman–Crippen MR) is 80.3 cm³/mol. The molecule has 2 aromatic rings. The van der Waals surface area contributed by atoms with E-state index in [1.165, 1.54) is 11.3 Å². The number of thiazole rings is 1. The SMILES string of the molecule is CCN(CCO)Cc1nc(-c2ccncc2)c(C(=O)O)s1. The van der Waals surface area contributed by atoms with Gasteiger partial charge >= 0.3 is 5.97 Å². The van der Waals surface area contributed by atoms with E-state index in [2.05, 4.69) is 9.97 Å². The first kappa shape index (κ1) is 15.6. The van der Waals surface area contributed by atoms with Crippen LogP contribution < -0.4 is 0 Å². The highest BCUT2D eigenvalue weighted by molar-refractivity contribution is 7.14. The van der Waals surface area contributed by atoms with Gasteiger partial charge in [0.15, 0.2) is 0 Å². The molecule has 2 heterocycles. The number of hydrogen-bond acceptors (Lipinski definition) is 6. The Labute approximate surface area is 126 Å². The number of aliphatic hydroxyl groups is 1. The third-order valence-corrected chi connectivity index (χ3v) is 4.07. The second kappa shape index (κ2) is 7.26. The third kappa shape index (κ3) is 3.84. The normalized spacial score (nSPS) is 11.0. The molecule has 0 unspecified atom stereocenters. The van der Waals surface area contributed by atoms with E-state index in [0.717, 1.165) is 17.1 Å². The molecule has 7 heteroatoms. The van der Waals surface area contributed by atoms with E-state index < -0.39 is 5.97 Å². The van der Waals surface area contributed by atoms with Gasteiger partial charge in [-0.05, 0) is 18.7 Å². The minimum absolute atomic E-state index is 0.0716. The zero-order chi connectivity index (χ0) is 15.2. The largest absolute Gasteiger partial charge is 0.477 e. The molecular weight excluding hydrogens is 290 g/mol. The number of carboxylic acid groups (broad SMARTS) is 1. The summed E-state index contributed by atoms with van der Waals surface area (Å²) in [6.07, 6.45) is 3.23. The average molecular weight is 307 g/mol. The Balaban J connectivity index is 2.31. The summed E-state index contributed by atoms with van der Waals surface area (Å²) < 4.78 is 0. The van der Waals surface area contributed by atoms with Gasteiger partial charge in [0.2, 0.25) is 0 Å². The lowest BCUT2D eigenvalue weighted by molar-refractivity contribution is 0.0702. The van der Waals surface area contributed by atoms with Crippen molar-refractivity contribution in [3.8, 4) is 11.3 Å². The summed E-state index contributed by atoms with van der Waals surface area (Å²) in [5.74, 6) is -0.976. The number of aromatic carboxylic acids is 1. The second-order valence-electron chi connectivity index (χ2n) is 4.42.